The molecule has 0 aliphatic carbocycles. The lowest BCUT2D eigenvalue weighted by Gasteiger charge is -2.11. The Labute approximate surface area is 130 Å². The van der Waals surface area contributed by atoms with Gasteiger partial charge < -0.3 is 16.2 Å². The number of nitrogen functional groups attached to an aromatic ring is 1. The Hall–Kier alpha value is -2.24. The van der Waals surface area contributed by atoms with Gasteiger partial charge in [-0.15, -0.1) is 0 Å². The molecule has 108 valence electrons. The van der Waals surface area contributed by atoms with E-state index in [1.165, 1.54) is 30.3 Å². The predicted octanol–water partition coefficient (Wildman–Crippen LogP) is 3.53. The summed E-state index contributed by atoms with van der Waals surface area (Å²) in [4.78, 5) is 23.4. The fourth-order valence-electron chi connectivity index (χ4n) is 1.75. The molecule has 0 bridgehead atoms. The minimum atomic E-state index is -1.18. The van der Waals surface area contributed by atoms with Crippen LogP contribution < -0.4 is 11.1 Å². The maximum Gasteiger partial charge on any atom is 0.337 e. The summed E-state index contributed by atoms with van der Waals surface area (Å²) in [7, 11) is 0. The standard InChI is InChI=1S/C14H10Cl2N2O3/c15-9-2-1-3-10(16)12(9)13(19)18-11-6-7(17)4-5-8(11)14(20)21/h1-6H,17H2,(H,18,19)(H,20,21). The van der Waals surface area contributed by atoms with Crippen LogP contribution in [0, 0.1) is 0 Å². The molecule has 5 nitrogen and oxygen atoms in total. The molecule has 4 N–H and O–H groups in total. The first-order valence-corrected chi connectivity index (χ1v) is 6.54. The molecule has 1 amide bonds. The number of carbonyl (C=O) groups excluding carboxylic acids is 1. The second kappa shape index (κ2) is 6.03. The van der Waals surface area contributed by atoms with E-state index in [2.05, 4.69) is 5.32 Å². The van der Waals surface area contributed by atoms with Crippen LogP contribution in [-0.4, -0.2) is 17.0 Å². The van der Waals surface area contributed by atoms with Gasteiger partial charge in [0.05, 0.1) is 26.9 Å². The van der Waals surface area contributed by atoms with Gasteiger partial charge in [0, 0.05) is 5.69 Å². The lowest BCUT2D eigenvalue weighted by molar-refractivity contribution is 0.0698. The lowest BCUT2D eigenvalue weighted by Crippen LogP contribution is -2.16. The van der Waals surface area contributed by atoms with Crippen LogP contribution in [-0.2, 0) is 0 Å². The Balaban J connectivity index is 2.40. The number of hydrogen-bond acceptors (Lipinski definition) is 3. The Morgan fingerprint density at radius 2 is 1.71 bits per heavy atom. The van der Waals surface area contributed by atoms with E-state index in [9.17, 15) is 9.59 Å². The monoisotopic (exact) mass is 324 g/mol. The Morgan fingerprint density at radius 1 is 1.10 bits per heavy atom. The van der Waals surface area contributed by atoms with Gasteiger partial charge in [-0.05, 0) is 30.3 Å². The Kier molecular flexibility index (Phi) is 4.35. The van der Waals surface area contributed by atoms with Gasteiger partial charge >= 0.3 is 5.97 Å². The van der Waals surface area contributed by atoms with Gasteiger partial charge in [-0.25, -0.2) is 4.79 Å². The Morgan fingerprint density at radius 3 is 2.29 bits per heavy atom. The molecule has 0 radical (unpaired) electrons. The summed E-state index contributed by atoms with van der Waals surface area (Å²) in [6, 6.07) is 8.72. The SMILES string of the molecule is Nc1ccc(C(=O)O)c(NC(=O)c2c(Cl)cccc2Cl)c1. The van der Waals surface area contributed by atoms with E-state index in [1.807, 2.05) is 0 Å². The number of anilines is 2. The highest BCUT2D eigenvalue weighted by Gasteiger charge is 2.18. The van der Waals surface area contributed by atoms with Crippen LogP contribution in [0.5, 0.6) is 0 Å². The molecule has 0 aliphatic rings. The summed E-state index contributed by atoms with van der Waals surface area (Å²) in [6.45, 7) is 0. The molecular weight excluding hydrogens is 315 g/mol. The highest BCUT2D eigenvalue weighted by atomic mass is 35.5. The van der Waals surface area contributed by atoms with Crippen LogP contribution in [0.2, 0.25) is 10.0 Å². The normalized spacial score (nSPS) is 10.2. The number of aromatic carboxylic acids is 1. The molecule has 0 aliphatic heterocycles. The van der Waals surface area contributed by atoms with Crippen molar-refractivity contribution in [1.82, 2.24) is 0 Å². The van der Waals surface area contributed by atoms with Crippen molar-refractivity contribution in [2.75, 3.05) is 11.1 Å². The molecule has 2 aromatic carbocycles. The number of nitrogens with one attached hydrogen (secondary N) is 1. The minimum absolute atomic E-state index is 0.0691. The summed E-state index contributed by atoms with van der Waals surface area (Å²) >= 11 is 11.9. The highest BCUT2D eigenvalue weighted by Crippen LogP contribution is 2.26. The molecule has 2 rings (SSSR count). The van der Waals surface area contributed by atoms with Gasteiger partial charge in [0.1, 0.15) is 0 Å². The fourth-order valence-corrected chi connectivity index (χ4v) is 2.32. The van der Waals surface area contributed by atoms with Crippen LogP contribution in [0.1, 0.15) is 20.7 Å². The topological polar surface area (TPSA) is 92.4 Å². The van der Waals surface area contributed by atoms with Gasteiger partial charge in [0.15, 0.2) is 0 Å². The van der Waals surface area contributed by atoms with Crippen molar-refractivity contribution in [1.29, 1.82) is 0 Å². The highest BCUT2D eigenvalue weighted by molar-refractivity contribution is 6.40. The first-order valence-electron chi connectivity index (χ1n) is 5.78. The van der Waals surface area contributed by atoms with E-state index < -0.39 is 11.9 Å². The van der Waals surface area contributed by atoms with Crippen molar-refractivity contribution < 1.29 is 14.7 Å². The second-order valence-electron chi connectivity index (χ2n) is 4.16. The molecule has 0 atom stereocenters. The summed E-state index contributed by atoms with van der Waals surface area (Å²) in [6.07, 6.45) is 0. The van der Waals surface area contributed by atoms with Crippen LogP contribution in [0.25, 0.3) is 0 Å². The molecule has 2 aromatic rings. The number of halogens is 2. The zero-order valence-corrected chi connectivity index (χ0v) is 12.1. The molecule has 0 fully saturated rings. The summed E-state index contributed by atoms with van der Waals surface area (Å²) < 4.78 is 0. The third kappa shape index (κ3) is 3.26. The van der Waals surface area contributed by atoms with Gasteiger partial charge in [0.2, 0.25) is 0 Å². The zero-order valence-electron chi connectivity index (χ0n) is 10.6. The first kappa shape index (κ1) is 15.2. The largest absolute Gasteiger partial charge is 0.478 e. The number of rotatable bonds is 3. The van der Waals surface area contributed by atoms with Crippen molar-refractivity contribution in [2.45, 2.75) is 0 Å². The smallest absolute Gasteiger partial charge is 0.337 e. The van der Waals surface area contributed by atoms with Crippen molar-refractivity contribution >= 4 is 46.5 Å². The first-order chi connectivity index (χ1) is 9.90. The van der Waals surface area contributed by atoms with Crippen LogP contribution in [0.3, 0.4) is 0 Å². The molecule has 7 heteroatoms. The summed E-state index contributed by atoms with van der Waals surface area (Å²) in [5.74, 6) is -1.80. The number of hydrogen-bond donors (Lipinski definition) is 3. The molecule has 0 heterocycles. The fraction of sp³-hybridized carbons (Fsp3) is 0. The van der Waals surface area contributed by atoms with E-state index in [1.54, 1.807) is 6.07 Å². The predicted molar refractivity (Wildman–Crippen MR) is 82.2 cm³/mol. The molecule has 0 aromatic heterocycles. The van der Waals surface area contributed by atoms with Gasteiger partial charge in [0.25, 0.3) is 5.91 Å². The molecule has 0 saturated heterocycles. The average molecular weight is 325 g/mol. The van der Waals surface area contributed by atoms with E-state index in [0.29, 0.717) is 5.69 Å². The molecule has 0 unspecified atom stereocenters. The molecule has 0 spiro atoms. The number of nitrogens with two attached hydrogens (primary N) is 1. The Bertz CT molecular complexity index is 712. The zero-order chi connectivity index (χ0) is 15.6. The van der Waals surface area contributed by atoms with Crippen molar-refractivity contribution in [3.8, 4) is 0 Å². The van der Waals surface area contributed by atoms with Crippen LogP contribution in [0.4, 0.5) is 11.4 Å². The van der Waals surface area contributed by atoms with Crippen LogP contribution >= 0.6 is 23.2 Å². The van der Waals surface area contributed by atoms with Crippen molar-refractivity contribution in [3.63, 3.8) is 0 Å². The quantitative estimate of drug-likeness (QED) is 0.753. The molecule has 21 heavy (non-hydrogen) atoms. The molecular formula is C14H10Cl2N2O3. The number of carboxylic acid groups (broad SMARTS) is 1. The third-order valence-corrected chi connectivity index (χ3v) is 3.34. The van der Waals surface area contributed by atoms with Gasteiger partial charge in [-0.3, -0.25) is 4.79 Å². The van der Waals surface area contributed by atoms with E-state index in [4.69, 9.17) is 34.0 Å². The van der Waals surface area contributed by atoms with E-state index in [-0.39, 0.29) is 26.9 Å². The number of benzene rings is 2. The van der Waals surface area contributed by atoms with Gasteiger partial charge in [-0.2, -0.15) is 0 Å². The lowest BCUT2D eigenvalue weighted by atomic mass is 10.1. The van der Waals surface area contributed by atoms with Gasteiger partial charge in [-0.1, -0.05) is 29.3 Å². The van der Waals surface area contributed by atoms with Crippen LogP contribution in [0.15, 0.2) is 36.4 Å². The van der Waals surface area contributed by atoms with Crippen molar-refractivity contribution in [2.24, 2.45) is 0 Å². The van der Waals surface area contributed by atoms with E-state index in [0.717, 1.165) is 0 Å². The number of carbonyl (C=O) groups is 2. The summed E-state index contributed by atoms with van der Waals surface area (Å²) in [5.41, 5.74) is 5.98. The van der Waals surface area contributed by atoms with E-state index >= 15 is 0 Å². The minimum Gasteiger partial charge on any atom is -0.478 e. The molecule has 0 saturated carbocycles. The maximum atomic E-state index is 12.2. The number of amides is 1. The number of carboxylic acids is 1. The maximum absolute atomic E-state index is 12.2. The summed E-state index contributed by atoms with van der Waals surface area (Å²) in [5, 5.41) is 11.9. The second-order valence-corrected chi connectivity index (χ2v) is 4.98. The third-order valence-electron chi connectivity index (χ3n) is 2.71. The average Bonchev–Trinajstić information content (AvgIpc) is 2.38. The van der Waals surface area contributed by atoms with Crippen molar-refractivity contribution in [3.05, 3.63) is 57.6 Å².